The molecule has 3 amide bonds. The van der Waals surface area contributed by atoms with E-state index in [2.05, 4.69) is 16.0 Å². The van der Waals surface area contributed by atoms with E-state index in [1.165, 1.54) is 24.3 Å². The van der Waals surface area contributed by atoms with Crippen LogP contribution in [0.2, 0.25) is 5.02 Å². The molecule has 23 nitrogen and oxygen atoms in total. The number of aliphatic hydroxyl groups excluding tert-OH is 8. The average molecular weight is 855 g/mol. The smallest absolute Gasteiger partial charge is 0.364 e. The second-order valence-electron chi connectivity index (χ2n) is 13.9. The molecule has 4 rings (SSSR count). The third kappa shape index (κ3) is 11.3. The van der Waals surface area contributed by atoms with Gasteiger partial charge in [-0.3, -0.25) is 14.4 Å². The predicted octanol–water partition coefficient (Wildman–Crippen LogP) is -6.01. The molecule has 1 aromatic rings. The SMILES string of the molecule is CC(=O)N[C@H]1[C@H](OCCN)O[C@H](CO)[C@@H](O[C@@H]2O[C@H](CO[C@]3(C(=O)O)C[C@H](O)[C@@H](NC(C)=O)[C@H]([C@H](O)[C@H](O)CNC(=O)c4ccc(Cl)cc4)O3)[C@H](O)[C@H](O)[C@H]2O)[C@@H]1O. The summed E-state index contributed by atoms with van der Waals surface area (Å²) in [6.45, 7) is -0.239. The summed E-state index contributed by atoms with van der Waals surface area (Å²) in [4.78, 5) is 49.4. The van der Waals surface area contributed by atoms with Crippen molar-refractivity contribution in [3.05, 3.63) is 34.9 Å². The summed E-state index contributed by atoms with van der Waals surface area (Å²) in [5, 5.41) is 105. The maximum Gasteiger partial charge on any atom is 0.364 e. The molecule has 1 aromatic carbocycles. The van der Waals surface area contributed by atoms with Gasteiger partial charge < -0.3 is 96.1 Å². The summed E-state index contributed by atoms with van der Waals surface area (Å²) in [5.74, 6) is -6.82. The van der Waals surface area contributed by atoms with Gasteiger partial charge in [-0.05, 0) is 24.3 Å². The quantitative estimate of drug-likeness (QED) is 0.0693. The summed E-state index contributed by atoms with van der Waals surface area (Å²) >= 11 is 5.85. The highest BCUT2D eigenvalue weighted by Crippen LogP contribution is 2.35. The van der Waals surface area contributed by atoms with Crippen molar-refractivity contribution in [2.24, 2.45) is 5.73 Å². The Bertz CT molecular complexity index is 1550. The highest BCUT2D eigenvalue weighted by Gasteiger charge is 2.57. The Labute approximate surface area is 335 Å². The number of hydrogen-bond donors (Lipinski definition) is 13. The van der Waals surface area contributed by atoms with Gasteiger partial charge in [0.05, 0.1) is 38.1 Å². The molecule has 0 aliphatic carbocycles. The van der Waals surface area contributed by atoms with Gasteiger partial charge >= 0.3 is 5.97 Å². The van der Waals surface area contributed by atoms with E-state index in [-0.39, 0.29) is 18.7 Å². The fourth-order valence-corrected chi connectivity index (χ4v) is 6.80. The molecule has 3 aliphatic rings. The van der Waals surface area contributed by atoms with Crippen LogP contribution in [0.5, 0.6) is 0 Å². The number of rotatable bonds is 17. The van der Waals surface area contributed by atoms with Gasteiger partial charge in [0.1, 0.15) is 61.0 Å². The first kappa shape index (κ1) is 47.5. The van der Waals surface area contributed by atoms with E-state index < -0.39 is 147 Å². The number of nitrogens with one attached hydrogen (secondary N) is 3. The van der Waals surface area contributed by atoms with Gasteiger partial charge in [-0.15, -0.1) is 0 Å². The molecule has 14 N–H and O–H groups in total. The normalized spacial score (nSPS) is 36.3. The van der Waals surface area contributed by atoms with Gasteiger partial charge in [-0.1, -0.05) is 11.6 Å². The van der Waals surface area contributed by atoms with Crippen molar-refractivity contribution in [1.82, 2.24) is 16.0 Å². The first-order chi connectivity index (χ1) is 27.3. The molecule has 0 unspecified atom stereocenters. The minimum absolute atomic E-state index is 0.0377. The van der Waals surface area contributed by atoms with Crippen molar-refractivity contribution in [2.45, 2.75) is 118 Å². The molecule has 3 fully saturated rings. The lowest BCUT2D eigenvalue weighted by Gasteiger charge is -2.48. The van der Waals surface area contributed by atoms with E-state index in [0.717, 1.165) is 13.8 Å². The average Bonchev–Trinajstić information content (AvgIpc) is 3.17. The number of carboxylic acids is 1. The molecule has 3 heterocycles. The molecule has 58 heavy (non-hydrogen) atoms. The van der Waals surface area contributed by atoms with Crippen molar-refractivity contribution in [1.29, 1.82) is 0 Å². The summed E-state index contributed by atoms with van der Waals surface area (Å²) < 4.78 is 33.9. The molecule has 0 spiro atoms. The number of nitrogens with two attached hydrogens (primary N) is 1. The topological polar surface area (TPSA) is 368 Å². The van der Waals surface area contributed by atoms with E-state index in [4.69, 9.17) is 45.8 Å². The van der Waals surface area contributed by atoms with Gasteiger partial charge in [-0.25, -0.2) is 4.79 Å². The Kier molecular flexibility index (Phi) is 17.1. The van der Waals surface area contributed by atoms with E-state index in [0.29, 0.717) is 5.02 Å². The van der Waals surface area contributed by atoms with Crippen LogP contribution in [-0.4, -0.2) is 200 Å². The molecule has 328 valence electrons. The fraction of sp³-hybridized carbons (Fsp3) is 0.706. The minimum Gasteiger partial charge on any atom is -0.477 e. The van der Waals surface area contributed by atoms with Crippen molar-refractivity contribution in [2.75, 3.05) is 32.9 Å². The molecular weight excluding hydrogens is 804 g/mol. The number of benzene rings is 1. The number of aliphatic carboxylic acids is 1. The maximum atomic E-state index is 12.8. The van der Waals surface area contributed by atoms with Crippen LogP contribution in [0.4, 0.5) is 0 Å². The number of ether oxygens (including phenoxy) is 6. The molecule has 16 atom stereocenters. The number of hydrogen-bond acceptors (Lipinski definition) is 19. The number of carboxylic acid groups (broad SMARTS) is 1. The van der Waals surface area contributed by atoms with E-state index in [9.17, 15) is 65.1 Å². The molecule has 3 saturated heterocycles. The zero-order chi connectivity index (χ0) is 43.1. The first-order valence-corrected chi connectivity index (χ1v) is 18.5. The highest BCUT2D eigenvalue weighted by atomic mass is 35.5. The van der Waals surface area contributed by atoms with Crippen LogP contribution in [0.25, 0.3) is 0 Å². The number of carbonyl (C=O) groups excluding carboxylic acids is 3. The predicted molar refractivity (Wildman–Crippen MR) is 191 cm³/mol. The van der Waals surface area contributed by atoms with Gasteiger partial charge in [0.15, 0.2) is 12.6 Å². The van der Waals surface area contributed by atoms with Crippen molar-refractivity contribution < 1.29 is 93.6 Å². The summed E-state index contributed by atoms with van der Waals surface area (Å²) in [5.41, 5.74) is 5.64. The van der Waals surface area contributed by atoms with E-state index >= 15 is 0 Å². The molecule has 3 aliphatic heterocycles. The Morgan fingerprint density at radius 3 is 2.12 bits per heavy atom. The number of aliphatic hydroxyl groups is 8. The highest BCUT2D eigenvalue weighted by molar-refractivity contribution is 6.30. The third-order valence-corrected chi connectivity index (χ3v) is 9.89. The van der Waals surface area contributed by atoms with Crippen LogP contribution in [0, 0.1) is 0 Å². The van der Waals surface area contributed by atoms with Crippen LogP contribution in [0.15, 0.2) is 24.3 Å². The summed E-state index contributed by atoms with van der Waals surface area (Å²) in [6.07, 6.45) is -24.5. The van der Waals surface area contributed by atoms with Crippen molar-refractivity contribution >= 4 is 35.3 Å². The van der Waals surface area contributed by atoms with Crippen molar-refractivity contribution in [3.8, 4) is 0 Å². The van der Waals surface area contributed by atoms with Gasteiger partial charge in [0.2, 0.25) is 11.8 Å². The Balaban J connectivity index is 1.52. The van der Waals surface area contributed by atoms with Crippen LogP contribution in [0.3, 0.4) is 0 Å². The zero-order valence-electron chi connectivity index (χ0n) is 31.3. The van der Waals surface area contributed by atoms with Crippen LogP contribution in [0.1, 0.15) is 30.6 Å². The van der Waals surface area contributed by atoms with Crippen molar-refractivity contribution in [3.63, 3.8) is 0 Å². The first-order valence-electron chi connectivity index (χ1n) is 18.1. The van der Waals surface area contributed by atoms with Crippen LogP contribution in [-0.2, 0) is 42.8 Å². The Morgan fingerprint density at radius 2 is 1.53 bits per heavy atom. The molecular formula is C34H51ClN4O19. The standard InChI is InChI=1S/C34H51ClN4O19/c1-13(41)38-21-17(43)9-34(33(51)52,58-29(21)23(45)18(44)10-37-30(50)15-3-5-16(35)6-4-15)54-12-20-24(46)26(48)27(49)32(56-20)57-28-19(11-40)55-31(53-8-7-36)22(25(28)47)39-14(2)42/h3-6,17-29,31-32,40,43-49H,7-12,36H2,1-2H3,(H,37,50)(H,38,41)(H,39,42)(H,51,52)/t17-,18+,19+,20+,21+,22+,23+,24-,25+,26-,27+,28+,29+,31+,32-,34+/m0/s1. The van der Waals surface area contributed by atoms with E-state index in [1.54, 1.807) is 0 Å². The second kappa shape index (κ2) is 20.9. The van der Waals surface area contributed by atoms with Gasteiger partial charge in [-0.2, -0.15) is 0 Å². The third-order valence-electron chi connectivity index (χ3n) is 9.64. The number of halogens is 1. The molecule has 0 saturated carbocycles. The van der Waals surface area contributed by atoms with Crippen LogP contribution >= 0.6 is 11.6 Å². The maximum absolute atomic E-state index is 12.8. The Hall–Kier alpha value is -3.21. The zero-order valence-corrected chi connectivity index (χ0v) is 32.0. The van der Waals surface area contributed by atoms with Gasteiger partial charge in [0, 0.05) is 43.9 Å². The molecule has 24 heteroatoms. The van der Waals surface area contributed by atoms with E-state index in [1.807, 2.05) is 0 Å². The Morgan fingerprint density at radius 1 is 0.914 bits per heavy atom. The lowest BCUT2D eigenvalue weighted by Crippen LogP contribution is -2.69. The molecule has 0 bridgehead atoms. The van der Waals surface area contributed by atoms with Crippen LogP contribution < -0.4 is 21.7 Å². The largest absolute Gasteiger partial charge is 0.477 e. The number of carbonyl (C=O) groups is 4. The molecule has 0 aromatic heterocycles. The number of amides is 3. The lowest BCUT2D eigenvalue weighted by molar-refractivity contribution is -0.359. The van der Waals surface area contributed by atoms with Gasteiger partial charge in [0.25, 0.3) is 11.7 Å². The molecule has 0 radical (unpaired) electrons. The summed E-state index contributed by atoms with van der Waals surface area (Å²) in [6, 6.07) is 2.83. The lowest BCUT2D eigenvalue weighted by atomic mass is 9.88. The second-order valence-corrected chi connectivity index (χ2v) is 14.4. The monoisotopic (exact) mass is 854 g/mol. The summed E-state index contributed by atoms with van der Waals surface area (Å²) in [7, 11) is 0. The minimum atomic E-state index is -2.90. The fourth-order valence-electron chi connectivity index (χ4n) is 6.68.